The number of furan rings is 1. The molecule has 162 valence electrons. The van der Waals surface area contributed by atoms with Gasteiger partial charge in [-0.15, -0.1) is 5.10 Å². The van der Waals surface area contributed by atoms with E-state index in [2.05, 4.69) is 25.6 Å². The van der Waals surface area contributed by atoms with Crippen molar-refractivity contribution in [2.75, 3.05) is 0 Å². The number of alkyl halides is 2. The summed E-state index contributed by atoms with van der Waals surface area (Å²) in [4.78, 5) is 26.8. The number of imide groups is 1. The second-order valence-corrected chi connectivity index (χ2v) is 7.15. The third-order valence-electron chi connectivity index (χ3n) is 4.99. The Morgan fingerprint density at radius 1 is 1.23 bits per heavy atom. The van der Waals surface area contributed by atoms with E-state index in [0.29, 0.717) is 22.8 Å². The molecule has 0 spiro atoms. The standard InChI is InChI=1S/C19H18F2N6O4/c1-10-8-14(11(2)30-10)19(3)16(28)26(18(29)22-19)9-15-23-24-25-27(15)12-4-6-13(7-5-12)31-17(20)21/h4-8,17H,9H2,1-3H3,(H,22,29). The molecule has 0 saturated carbocycles. The first-order chi connectivity index (χ1) is 14.7. The van der Waals surface area contributed by atoms with E-state index in [-0.39, 0.29) is 18.1 Å². The quantitative estimate of drug-likeness (QED) is 0.595. The lowest BCUT2D eigenvalue weighted by Crippen LogP contribution is -2.41. The van der Waals surface area contributed by atoms with E-state index in [4.69, 9.17) is 4.42 Å². The van der Waals surface area contributed by atoms with Gasteiger partial charge >= 0.3 is 12.6 Å². The molecule has 1 aliphatic heterocycles. The van der Waals surface area contributed by atoms with Gasteiger partial charge in [0.25, 0.3) is 5.91 Å². The van der Waals surface area contributed by atoms with Crippen LogP contribution < -0.4 is 10.1 Å². The summed E-state index contributed by atoms with van der Waals surface area (Å²) in [6.45, 7) is 1.95. The Morgan fingerprint density at radius 3 is 2.55 bits per heavy atom. The van der Waals surface area contributed by atoms with Crippen molar-refractivity contribution < 1.29 is 27.5 Å². The van der Waals surface area contributed by atoms with Gasteiger partial charge in [0.05, 0.1) is 12.2 Å². The molecular formula is C19H18F2N6O4. The summed E-state index contributed by atoms with van der Waals surface area (Å²) in [7, 11) is 0. The molecule has 1 aromatic carbocycles. The molecule has 0 aliphatic carbocycles. The maximum Gasteiger partial charge on any atom is 0.387 e. The van der Waals surface area contributed by atoms with Crippen molar-refractivity contribution >= 4 is 11.9 Å². The van der Waals surface area contributed by atoms with Gasteiger partial charge in [0, 0.05) is 5.56 Å². The summed E-state index contributed by atoms with van der Waals surface area (Å²) >= 11 is 0. The van der Waals surface area contributed by atoms with Gasteiger partial charge in [-0.05, 0) is 61.5 Å². The SMILES string of the molecule is Cc1cc(C2(C)NC(=O)N(Cc3nnnn3-c3ccc(OC(F)F)cc3)C2=O)c(C)o1. The van der Waals surface area contributed by atoms with Crippen LogP contribution in [0.3, 0.4) is 0 Å². The van der Waals surface area contributed by atoms with E-state index in [1.54, 1.807) is 26.8 Å². The van der Waals surface area contributed by atoms with E-state index in [1.807, 2.05) is 0 Å². The Morgan fingerprint density at radius 2 is 1.94 bits per heavy atom. The third kappa shape index (κ3) is 3.60. The Labute approximate surface area is 174 Å². The smallest absolute Gasteiger partial charge is 0.387 e. The molecule has 3 aromatic rings. The largest absolute Gasteiger partial charge is 0.466 e. The minimum atomic E-state index is -2.94. The summed E-state index contributed by atoms with van der Waals surface area (Å²) in [5.74, 6) is 0.861. The molecule has 1 N–H and O–H groups in total. The third-order valence-corrected chi connectivity index (χ3v) is 4.99. The number of benzene rings is 1. The zero-order valence-corrected chi connectivity index (χ0v) is 16.8. The van der Waals surface area contributed by atoms with Crippen molar-refractivity contribution in [1.82, 2.24) is 30.4 Å². The minimum absolute atomic E-state index is 0.0241. The van der Waals surface area contributed by atoms with Gasteiger partial charge in [-0.2, -0.15) is 13.5 Å². The fraction of sp³-hybridized carbons (Fsp3) is 0.316. The number of nitrogens with zero attached hydrogens (tertiary/aromatic N) is 5. The number of carbonyl (C=O) groups excluding carboxylic acids is 2. The van der Waals surface area contributed by atoms with Gasteiger partial charge < -0.3 is 14.5 Å². The number of nitrogens with one attached hydrogen (secondary N) is 1. The second-order valence-electron chi connectivity index (χ2n) is 7.15. The van der Waals surface area contributed by atoms with Gasteiger partial charge in [-0.25, -0.2) is 4.79 Å². The summed E-state index contributed by atoms with van der Waals surface area (Å²) in [6, 6.07) is 6.74. The molecule has 1 saturated heterocycles. The number of urea groups is 1. The van der Waals surface area contributed by atoms with Crippen LogP contribution in [0.4, 0.5) is 13.6 Å². The van der Waals surface area contributed by atoms with Crippen LogP contribution in [0.25, 0.3) is 5.69 Å². The predicted octanol–water partition coefficient (Wildman–Crippen LogP) is 2.44. The number of aryl methyl sites for hydroxylation is 2. The lowest BCUT2D eigenvalue weighted by molar-refractivity contribution is -0.131. The van der Waals surface area contributed by atoms with Gasteiger partial charge in [-0.1, -0.05) is 0 Å². The molecule has 0 bridgehead atoms. The molecule has 31 heavy (non-hydrogen) atoms. The van der Waals surface area contributed by atoms with Crippen molar-refractivity contribution in [3.63, 3.8) is 0 Å². The number of tetrazole rings is 1. The van der Waals surface area contributed by atoms with Crippen LogP contribution in [-0.2, 0) is 16.9 Å². The minimum Gasteiger partial charge on any atom is -0.466 e. The Kier molecular flexibility index (Phi) is 4.91. The highest BCUT2D eigenvalue weighted by atomic mass is 19.3. The van der Waals surface area contributed by atoms with Crippen LogP contribution >= 0.6 is 0 Å². The Bertz CT molecular complexity index is 1140. The maximum atomic E-state index is 13.2. The van der Waals surface area contributed by atoms with E-state index < -0.39 is 24.1 Å². The van der Waals surface area contributed by atoms with Crippen LogP contribution in [0.1, 0.15) is 29.8 Å². The summed E-state index contributed by atoms with van der Waals surface area (Å²) in [5, 5.41) is 14.1. The first-order valence-electron chi connectivity index (χ1n) is 9.23. The fourth-order valence-electron chi connectivity index (χ4n) is 3.57. The van der Waals surface area contributed by atoms with Crippen molar-refractivity contribution in [3.05, 3.63) is 53.2 Å². The average Bonchev–Trinajstić information content (AvgIpc) is 3.36. The first kappa shape index (κ1) is 20.4. The molecule has 4 rings (SSSR count). The van der Waals surface area contributed by atoms with E-state index in [1.165, 1.54) is 28.9 Å². The number of halogens is 2. The van der Waals surface area contributed by atoms with Crippen molar-refractivity contribution in [3.8, 4) is 11.4 Å². The van der Waals surface area contributed by atoms with Gasteiger partial charge in [0.2, 0.25) is 0 Å². The lowest BCUT2D eigenvalue weighted by Gasteiger charge is -2.21. The average molecular weight is 432 g/mol. The van der Waals surface area contributed by atoms with Crippen molar-refractivity contribution in [2.45, 2.75) is 39.5 Å². The van der Waals surface area contributed by atoms with Crippen LogP contribution in [0, 0.1) is 13.8 Å². The van der Waals surface area contributed by atoms with Gasteiger partial charge in [0.1, 0.15) is 22.8 Å². The monoisotopic (exact) mass is 432 g/mol. The number of aromatic nitrogens is 4. The van der Waals surface area contributed by atoms with E-state index in [0.717, 1.165) is 4.90 Å². The topological polar surface area (TPSA) is 115 Å². The van der Waals surface area contributed by atoms with Gasteiger partial charge in [0.15, 0.2) is 5.82 Å². The molecule has 12 heteroatoms. The molecule has 1 unspecified atom stereocenters. The summed E-state index contributed by atoms with van der Waals surface area (Å²) in [5.41, 5.74) is -0.274. The molecular weight excluding hydrogens is 414 g/mol. The predicted molar refractivity (Wildman–Crippen MR) is 100 cm³/mol. The van der Waals surface area contributed by atoms with Gasteiger partial charge in [-0.3, -0.25) is 9.69 Å². The zero-order valence-electron chi connectivity index (χ0n) is 16.8. The van der Waals surface area contributed by atoms with Crippen molar-refractivity contribution in [1.29, 1.82) is 0 Å². The second kappa shape index (κ2) is 7.45. The molecule has 3 amide bonds. The molecule has 1 fully saturated rings. The lowest BCUT2D eigenvalue weighted by atomic mass is 9.92. The highest BCUT2D eigenvalue weighted by Crippen LogP contribution is 2.33. The number of carbonyl (C=O) groups is 2. The number of ether oxygens (including phenoxy) is 1. The summed E-state index contributed by atoms with van der Waals surface area (Å²) in [6.07, 6.45) is 0. The van der Waals surface area contributed by atoms with Crippen molar-refractivity contribution in [2.24, 2.45) is 0 Å². The van der Waals surface area contributed by atoms with Crippen LogP contribution in [0.5, 0.6) is 5.75 Å². The first-order valence-corrected chi connectivity index (χ1v) is 9.23. The normalized spacial score (nSPS) is 18.7. The number of hydrogen-bond donors (Lipinski definition) is 1. The highest BCUT2D eigenvalue weighted by molar-refractivity contribution is 6.07. The number of rotatable bonds is 6. The highest BCUT2D eigenvalue weighted by Gasteiger charge is 2.50. The van der Waals surface area contributed by atoms with Crippen LogP contribution in [0.2, 0.25) is 0 Å². The fourth-order valence-corrected chi connectivity index (χ4v) is 3.57. The molecule has 0 radical (unpaired) electrons. The maximum absolute atomic E-state index is 13.2. The van der Waals surface area contributed by atoms with Crippen LogP contribution in [0.15, 0.2) is 34.7 Å². The van der Waals surface area contributed by atoms with E-state index in [9.17, 15) is 18.4 Å². The van der Waals surface area contributed by atoms with E-state index >= 15 is 0 Å². The molecule has 10 nitrogen and oxygen atoms in total. The Balaban J connectivity index is 1.58. The molecule has 2 aromatic heterocycles. The molecule has 3 heterocycles. The zero-order chi connectivity index (χ0) is 22.3. The Hall–Kier alpha value is -3.83. The summed E-state index contributed by atoms with van der Waals surface area (Å²) < 4.78 is 35.8. The molecule has 1 aliphatic rings. The number of hydrogen-bond acceptors (Lipinski definition) is 7. The van der Waals surface area contributed by atoms with Crippen LogP contribution in [-0.4, -0.2) is 43.7 Å². The molecule has 1 atom stereocenters. The number of amides is 3.